The molecule has 0 spiro atoms. The lowest BCUT2D eigenvalue weighted by molar-refractivity contribution is 0.0950. The second-order valence-electron chi connectivity index (χ2n) is 5.51. The zero-order valence-corrected chi connectivity index (χ0v) is 13.0. The first kappa shape index (κ1) is 15.0. The van der Waals surface area contributed by atoms with Crippen LogP contribution in [0.1, 0.15) is 28.9 Å². The summed E-state index contributed by atoms with van der Waals surface area (Å²) in [6, 6.07) is 7.22. The van der Waals surface area contributed by atoms with Gasteiger partial charge in [0.15, 0.2) is 0 Å². The highest BCUT2D eigenvalue weighted by Gasteiger charge is 2.28. The van der Waals surface area contributed by atoms with Gasteiger partial charge < -0.3 is 15.8 Å². The Bertz CT molecular complexity index is 626. The lowest BCUT2D eigenvalue weighted by atomic mass is 10.1. The molecule has 0 aliphatic heterocycles. The summed E-state index contributed by atoms with van der Waals surface area (Å²) in [6.07, 6.45) is 2.36. The van der Waals surface area contributed by atoms with Crippen LogP contribution < -0.4 is 15.8 Å². The van der Waals surface area contributed by atoms with Crippen molar-refractivity contribution in [1.29, 1.82) is 0 Å². The van der Waals surface area contributed by atoms with Crippen molar-refractivity contribution in [3.05, 3.63) is 46.4 Å². The average Bonchev–Trinajstić information content (AvgIpc) is 3.27. The highest BCUT2D eigenvalue weighted by molar-refractivity contribution is 7.07. The van der Waals surface area contributed by atoms with Crippen molar-refractivity contribution in [3.63, 3.8) is 0 Å². The van der Waals surface area contributed by atoms with Gasteiger partial charge in [0.1, 0.15) is 12.4 Å². The number of carbonyl (C=O) groups excluding carboxylic acids is 1. The molecule has 1 fully saturated rings. The molecule has 5 nitrogen and oxygen atoms in total. The molecule has 0 saturated heterocycles. The number of aromatic nitrogens is 1. The molecule has 3 rings (SSSR count). The van der Waals surface area contributed by atoms with Gasteiger partial charge in [0.2, 0.25) is 0 Å². The highest BCUT2D eigenvalue weighted by atomic mass is 32.1. The largest absolute Gasteiger partial charge is 0.487 e. The molecule has 1 aliphatic rings. The van der Waals surface area contributed by atoms with Crippen molar-refractivity contribution in [2.24, 2.45) is 11.7 Å². The third-order valence-electron chi connectivity index (χ3n) is 3.69. The molecule has 22 heavy (non-hydrogen) atoms. The first-order chi connectivity index (χ1) is 10.7. The van der Waals surface area contributed by atoms with Crippen molar-refractivity contribution in [1.82, 2.24) is 10.3 Å². The zero-order chi connectivity index (χ0) is 15.4. The molecule has 0 radical (unpaired) electrons. The van der Waals surface area contributed by atoms with E-state index in [9.17, 15) is 4.79 Å². The van der Waals surface area contributed by atoms with Crippen LogP contribution in [0, 0.1) is 5.92 Å². The van der Waals surface area contributed by atoms with E-state index in [1.165, 1.54) is 24.2 Å². The molecule has 1 heterocycles. The van der Waals surface area contributed by atoms with Crippen LogP contribution in [-0.2, 0) is 6.61 Å². The van der Waals surface area contributed by atoms with Crippen LogP contribution in [0.5, 0.6) is 5.75 Å². The fourth-order valence-electron chi connectivity index (χ4n) is 2.20. The number of nitrogens with zero attached hydrogens (tertiary/aromatic N) is 1. The van der Waals surface area contributed by atoms with E-state index in [0.29, 0.717) is 30.4 Å². The smallest absolute Gasteiger partial charge is 0.251 e. The summed E-state index contributed by atoms with van der Waals surface area (Å²) < 4.78 is 5.65. The van der Waals surface area contributed by atoms with Gasteiger partial charge in [-0.3, -0.25) is 4.79 Å². The summed E-state index contributed by atoms with van der Waals surface area (Å²) in [4.78, 5) is 16.3. The van der Waals surface area contributed by atoms with Crippen LogP contribution in [0.3, 0.4) is 0 Å². The maximum absolute atomic E-state index is 12.1. The fourth-order valence-corrected chi connectivity index (χ4v) is 2.74. The summed E-state index contributed by atoms with van der Waals surface area (Å²) in [7, 11) is 0. The minimum Gasteiger partial charge on any atom is -0.487 e. The van der Waals surface area contributed by atoms with E-state index in [-0.39, 0.29) is 11.9 Å². The Morgan fingerprint density at radius 3 is 3.09 bits per heavy atom. The molecule has 3 N–H and O–H groups in total. The van der Waals surface area contributed by atoms with Crippen molar-refractivity contribution < 1.29 is 9.53 Å². The van der Waals surface area contributed by atoms with Crippen molar-refractivity contribution in [3.8, 4) is 5.75 Å². The number of nitrogens with two attached hydrogens (primary N) is 1. The first-order valence-electron chi connectivity index (χ1n) is 7.36. The van der Waals surface area contributed by atoms with Crippen molar-refractivity contribution in [2.75, 3.05) is 6.54 Å². The number of benzene rings is 1. The van der Waals surface area contributed by atoms with Crippen LogP contribution in [-0.4, -0.2) is 23.5 Å². The Hall–Kier alpha value is -1.92. The second-order valence-corrected chi connectivity index (χ2v) is 6.23. The molecule has 1 aromatic heterocycles. The van der Waals surface area contributed by atoms with Gasteiger partial charge in [0.25, 0.3) is 5.91 Å². The Morgan fingerprint density at radius 1 is 1.50 bits per heavy atom. The monoisotopic (exact) mass is 317 g/mol. The number of rotatable bonds is 7. The predicted octanol–water partition coefficient (Wildman–Crippen LogP) is 2.19. The van der Waals surface area contributed by atoms with Gasteiger partial charge in [0, 0.05) is 23.5 Å². The Labute approximate surface area is 133 Å². The van der Waals surface area contributed by atoms with Crippen LogP contribution in [0.4, 0.5) is 0 Å². The van der Waals surface area contributed by atoms with Gasteiger partial charge in [-0.05, 0) is 37.0 Å². The van der Waals surface area contributed by atoms with Gasteiger partial charge in [-0.2, -0.15) is 0 Å². The summed E-state index contributed by atoms with van der Waals surface area (Å²) in [5.41, 5.74) is 9.23. The van der Waals surface area contributed by atoms with Crippen LogP contribution in [0.15, 0.2) is 35.2 Å². The van der Waals surface area contributed by atoms with E-state index < -0.39 is 0 Å². The first-order valence-corrected chi connectivity index (χ1v) is 8.30. The molecule has 1 aromatic carbocycles. The number of carbonyl (C=O) groups is 1. The average molecular weight is 317 g/mol. The predicted molar refractivity (Wildman–Crippen MR) is 85.9 cm³/mol. The fraction of sp³-hybridized carbons (Fsp3) is 0.375. The number of amides is 1. The van der Waals surface area contributed by atoms with Gasteiger partial charge >= 0.3 is 0 Å². The van der Waals surface area contributed by atoms with Gasteiger partial charge in [-0.1, -0.05) is 6.07 Å². The number of nitrogens with one attached hydrogen (secondary N) is 1. The molecule has 0 bridgehead atoms. The van der Waals surface area contributed by atoms with E-state index in [4.69, 9.17) is 10.5 Å². The molecule has 6 heteroatoms. The van der Waals surface area contributed by atoms with Gasteiger partial charge in [-0.25, -0.2) is 4.98 Å². The second kappa shape index (κ2) is 6.89. The molecule has 1 atom stereocenters. The molecule has 1 unspecified atom stereocenters. The Kier molecular flexibility index (Phi) is 4.70. The standard InChI is InChI=1S/C16H19N3O2S/c17-15(11-4-5-11)7-18-16(20)12-2-1-3-14(6-12)21-8-13-9-22-10-19-13/h1-3,6,9-11,15H,4-5,7-8,17H2,(H,18,20). The van der Waals surface area contributed by atoms with E-state index in [0.717, 1.165) is 5.69 Å². The Balaban J connectivity index is 1.54. The van der Waals surface area contributed by atoms with E-state index >= 15 is 0 Å². The van der Waals surface area contributed by atoms with Crippen LogP contribution in [0.2, 0.25) is 0 Å². The zero-order valence-electron chi connectivity index (χ0n) is 12.2. The van der Waals surface area contributed by atoms with E-state index in [2.05, 4.69) is 10.3 Å². The van der Waals surface area contributed by atoms with E-state index in [1.54, 1.807) is 17.6 Å². The highest BCUT2D eigenvalue weighted by Crippen LogP contribution is 2.31. The molecule has 1 aliphatic carbocycles. The molecular weight excluding hydrogens is 298 g/mol. The number of hydrogen-bond donors (Lipinski definition) is 2. The van der Waals surface area contributed by atoms with Crippen molar-refractivity contribution >= 4 is 17.2 Å². The third-order valence-corrected chi connectivity index (χ3v) is 4.33. The van der Waals surface area contributed by atoms with Crippen LogP contribution in [0.25, 0.3) is 0 Å². The number of ether oxygens (including phenoxy) is 1. The lowest BCUT2D eigenvalue weighted by Gasteiger charge is -2.12. The Morgan fingerprint density at radius 2 is 2.36 bits per heavy atom. The summed E-state index contributed by atoms with van der Waals surface area (Å²) in [5.74, 6) is 1.12. The third kappa shape index (κ3) is 4.05. The summed E-state index contributed by atoms with van der Waals surface area (Å²) in [6.45, 7) is 0.925. The number of thiazole rings is 1. The normalized spacial score (nSPS) is 15.3. The quantitative estimate of drug-likeness (QED) is 0.820. The maximum Gasteiger partial charge on any atom is 0.251 e. The molecule has 116 valence electrons. The maximum atomic E-state index is 12.1. The van der Waals surface area contributed by atoms with Gasteiger partial charge in [0.05, 0.1) is 11.2 Å². The number of hydrogen-bond acceptors (Lipinski definition) is 5. The molecular formula is C16H19N3O2S. The van der Waals surface area contributed by atoms with Gasteiger partial charge in [-0.15, -0.1) is 11.3 Å². The molecule has 1 amide bonds. The molecule has 2 aromatic rings. The molecule has 1 saturated carbocycles. The summed E-state index contributed by atoms with van der Waals surface area (Å²) in [5, 5.41) is 4.83. The minimum absolute atomic E-state index is 0.0630. The summed E-state index contributed by atoms with van der Waals surface area (Å²) >= 11 is 1.53. The topological polar surface area (TPSA) is 77.2 Å². The van der Waals surface area contributed by atoms with Crippen molar-refractivity contribution in [2.45, 2.75) is 25.5 Å². The SMILES string of the molecule is NC(CNC(=O)c1cccc(OCc2cscn2)c1)C1CC1. The lowest BCUT2D eigenvalue weighted by Crippen LogP contribution is -2.38. The van der Waals surface area contributed by atoms with E-state index in [1.807, 2.05) is 17.5 Å². The van der Waals surface area contributed by atoms with Crippen LogP contribution >= 0.6 is 11.3 Å². The minimum atomic E-state index is -0.116.